The average Bonchev–Trinajstić information content (AvgIpc) is 2.69. The lowest BCUT2D eigenvalue weighted by Gasteiger charge is -2.09. The van der Waals surface area contributed by atoms with Crippen molar-refractivity contribution in [2.45, 2.75) is 13.5 Å². The average molecular weight is 366 g/mol. The first-order chi connectivity index (χ1) is 13.1. The molecule has 0 fully saturated rings. The van der Waals surface area contributed by atoms with Gasteiger partial charge < -0.3 is 15.4 Å². The van der Waals surface area contributed by atoms with E-state index in [1.807, 2.05) is 0 Å². The minimum absolute atomic E-state index is 0.263. The van der Waals surface area contributed by atoms with Crippen molar-refractivity contribution in [2.24, 2.45) is 0 Å². The number of esters is 1. The molecule has 6 nitrogen and oxygen atoms in total. The number of nitrogens with one attached hydrogen (secondary N) is 2. The van der Waals surface area contributed by atoms with E-state index in [-0.39, 0.29) is 11.8 Å². The summed E-state index contributed by atoms with van der Waals surface area (Å²) in [6, 6.07) is 14.9. The first-order valence-corrected chi connectivity index (χ1v) is 8.49. The summed E-state index contributed by atoms with van der Waals surface area (Å²) in [7, 11) is 0. The van der Waals surface area contributed by atoms with Crippen molar-refractivity contribution >= 4 is 23.4 Å². The lowest BCUT2D eigenvalue weighted by atomic mass is 10.2. The monoisotopic (exact) mass is 366 g/mol. The molecule has 27 heavy (non-hydrogen) atoms. The summed E-state index contributed by atoms with van der Waals surface area (Å²) in [6.45, 7) is 2.62. The van der Waals surface area contributed by atoms with Crippen LogP contribution in [-0.4, -0.2) is 22.5 Å². The molecule has 0 atom stereocenters. The highest BCUT2D eigenvalue weighted by atomic mass is 19.1. The van der Waals surface area contributed by atoms with Gasteiger partial charge in [0.2, 0.25) is 5.95 Å². The predicted molar refractivity (Wildman–Crippen MR) is 101 cm³/mol. The number of halogens is 1. The molecule has 0 aliphatic rings. The fourth-order valence-electron chi connectivity index (χ4n) is 2.35. The molecule has 3 aromatic rings. The first-order valence-electron chi connectivity index (χ1n) is 8.49. The zero-order valence-electron chi connectivity index (χ0n) is 14.8. The second-order valence-corrected chi connectivity index (χ2v) is 5.67. The highest BCUT2D eigenvalue weighted by Crippen LogP contribution is 2.16. The second-order valence-electron chi connectivity index (χ2n) is 5.67. The summed E-state index contributed by atoms with van der Waals surface area (Å²) in [5, 5.41) is 6.25. The molecule has 3 rings (SSSR count). The summed E-state index contributed by atoms with van der Waals surface area (Å²) in [5.41, 5.74) is 2.18. The number of rotatable bonds is 7. The third kappa shape index (κ3) is 5.24. The van der Waals surface area contributed by atoms with E-state index in [1.165, 1.54) is 12.1 Å². The van der Waals surface area contributed by atoms with Crippen LogP contribution in [-0.2, 0) is 11.3 Å². The van der Waals surface area contributed by atoms with Gasteiger partial charge in [-0.3, -0.25) is 0 Å². The summed E-state index contributed by atoms with van der Waals surface area (Å²) in [4.78, 5) is 20.2. The molecular formula is C20H19FN4O2. The summed E-state index contributed by atoms with van der Waals surface area (Å²) in [5.74, 6) is 0.441. The third-order valence-corrected chi connectivity index (χ3v) is 3.69. The molecule has 0 unspecified atom stereocenters. The molecule has 0 saturated heterocycles. The number of carbonyl (C=O) groups excluding carboxylic acids is 1. The second kappa shape index (κ2) is 8.75. The van der Waals surface area contributed by atoms with Crippen LogP contribution in [0.25, 0.3) is 0 Å². The quantitative estimate of drug-likeness (QED) is 0.612. The Labute approximate surface area is 156 Å². The summed E-state index contributed by atoms with van der Waals surface area (Å²) in [6.07, 6.45) is 1.63. The zero-order valence-corrected chi connectivity index (χ0v) is 14.8. The Bertz CT molecular complexity index is 899. The maximum Gasteiger partial charge on any atom is 0.338 e. The van der Waals surface area contributed by atoms with E-state index < -0.39 is 0 Å². The van der Waals surface area contributed by atoms with Gasteiger partial charge in [-0.2, -0.15) is 4.98 Å². The molecule has 0 radical (unpaired) electrons. The third-order valence-electron chi connectivity index (χ3n) is 3.69. The van der Waals surface area contributed by atoms with Gasteiger partial charge in [-0.15, -0.1) is 0 Å². The molecule has 0 bridgehead atoms. The lowest BCUT2D eigenvalue weighted by Crippen LogP contribution is -2.05. The Balaban J connectivity index is 1.61. The Kier molecular flexibility index (Phi) is 5.94. The maximum atomic E-state index is 12.9. The summed E-state index contributed by atoms with van der Waals surface area (Å²) >= 11 is 0. The van der Waals surface area contributed by atoms with Crippen LogP contribution in [0.2, 0.25) is 0 Å². The Morgan fingerprint density at radius 2 is 1.81 bits per heavy atom. The fourth-order valence-corrected chi connectivity index (χ4v) is 2.35. The van der Waals surface area contributed by atoms with Crippen molar-refractivity contribution in [3.05, 3.63) is 77.7 Å². The van der Waals surface area contributed by atoms with Crippen molar-refractivity contribution in [3.8, 4) is 0 Å². The van der Waals surface area contributed by atoms with E-state index in [1.54, 1.807) is 55.6 Å². The van der Waals surface area contributed by atoms with Crippen LogP contribution in [0.4, 0.5) is 21.8 Å². The molecule has 0 aliphatic heterocycles. The SMILES string of the molecule is CCOC(=O)c1ccc(Nc2nccc(NCc3ccc(F)cc3)n2)cc1. The number of nitrogens with zero attached hydrogens (tertiary/aromatic N) is 2. The lowest BCUT2D eigenvalue weighted by molar-refractivity contribution is 0.0526. The fraction of sp³-hybridized carbons (Fsp3) is 0.150. The maximum absolute atomic E-state index is 12.9. The van der Waals surface area contributed by atoms with E-state index in [0.29, 0.717) is 30.5 Å². The predicted octanol–water partition coefficient (Wildman–Crippen LogP) is 4.15. The number of aromatic nitrogens is 2. The van der Waals surface area contributed by atoms with Crippen LogP contribution in [0.1, 0.15) is 22.8 Å². The van der Waals surface area contributed by atoms with Crippen molar-refractivity contribution in [2.75, 3.05) is 17.2 Å². The van der Waals surface area contributed by atoms with Crippen molar-refractivity contribution in [3.63, 3.8) is 0 Å². The highest BCUT2D eigenvalue weighted by Gasteiger charge is 2.06. The largest absolute Gasteiger partial charge is 0.462 e. The molecule has 2 N–H and O–H groups in total. The zero-order chi connectivity index (χ0) is 19.1. The van der Waals surface area contributed by atoms with E-state index in [9.17, 15) is 9.18 Å². The van der Waals surface area contributed by atoms with Gasteiger partial charge in [0.15, 0.2) is 0 Å². The number of benzene rings is 2. The van der Waals surface area contributed by atoms with Gasteiger partial charge >= 0.3 is 5.97 Å². The molecule has 0 saturated carbocycles. The van der Waals surface area contributed by atoms with Crippen LogP contribution < -0.4 is 10.6 Å². The minimum Gasteiger partial charge on any atom is -0.462 e. The first kappa shape index (κ1) is 18.3. The molecular weight excluding hydrogens is 347 g/mol. The molecule has 1 aromatic heterocycles. The van der Waals surface area contributed by atoms with Crippen LogP contribution >= 0.6 is 0 Å². The van der Waals surface area contributed by atoms with Gasteiger partial charge in [-0.05, 0) is 55.0 Å². The Morgan fingerprint density at radius 1 is 1.07 bits per heavy atom. The van der Waals surface area contributed by atoms with E-state index in [2.05, 4.69) is 20.6 Å². The normalized spacial score (nSPS) is 10.3. The highest BCUT2D eigenvalue weighted by molar-refractivity contribution is 5.89. The minimum atomic E-state index is -0.354. The number of hydrogen-bond acceptors (Lipinski definition) is 6. The van der Waals surface area contributed by atoms with Crippen LogP contribution in [0.15, 0.2) is 60.8 Å². The number of anilines is 3. The van der Waals surface area contributed by atoms with E-state index in [4.69, 9.17) is 4.74 Å². The molecule has 0 spiro atoms. The van der Waals surface area contributed by atoms with Crippen LogP contribution in [0.5, 0.6) is 0 Å². The molecule has 0 amide bonds. The number of ether oxygens (including phenoxy) is 1. The molecule has 7 heteroatoms. The topological polar surface area (TPSA) is 76.1 Å². The summed E-state index contributed by atoms with van der Waals surface area (Å²) < 4.78 is 17.9. The van der Waals surface area contributed by atoms with Gasteiger partial charge in [0.25, 0.3) is 0 Å². The van der Waals surface area contributed by atoms with Gasteiger partial charge in [-0.1, -0.05) is 12.1 Å². The Morgan fingerprint density at radius 3 is 2.52 bits per heavy atom. The smallest absolute Gasteiger partial charge is 0.338 e. The van der Waals surface area contributed by atoms with Crippen LogP contribution in [0, 0.1) is 5.82 Å². The molecule has 1 heterocycles. The van der Waals surface area contributed by atoms with Crippen molar-refractivity contribution < 1.29 is 13.9 Å². The number of hydrogen-bond donors (Lipinski definition) is 2. The van der Waals surface area contributed by atoms with E-state index >= 15 is 0 Å². The van der Waals surface area contributed by atoms with Gasteiger partial charge in [0.05, 0.1) is 12.2 Å². The molecule has 2 aromatic carbocycles. The van der Waals surface area contributed by atoms with Gasteiger partial charge in [0, 0.05) is 18.4 Å². The van der Waals surface area contributed by atoms with E-state index in [0.717, 1.165) is 11.3 Å². The van der Waals surface area contributed by atoms with Gasteiger partial charge in [-0.25, -0.2) is 14.2 Å². The number of carbonyl (C=O) groups is 1. The van der Waals surface area contributed by atoms with Crippen LogP contribution in [0.3, 0.4) is 0 Å². The van der Waals surface area contributed by atoms with Crippen molar-refractivity contribution in [1.29, 1.82) is 0 Å². The Hall–Kier alpha value is -3.48. The van der Waals surface area contributed by atoms with Crippen molar-refractivity contribution in [1.82, 2.24) is 9.97 Å². The molecule has 0 aliphatic carbocycles. The van der Waals surface area contributed by atoms with Gasteiger partial charge in [0.1, 0.15) is 11.6 Å². The standard InChI is InChI=1S/C20H19FN4O2/c1-2-27-19(26)15-5-9-17(10-6-15)24-20-22-12-11-18(25-20)23-13-14-3-7-16(21)8-4-14/h3-12H,2,13H2,1H3,(H2,22,23,24,25). The molecule has 138 valence electrons.